The number of nitrogens with one attached hydrogen (secondary N) is 1. The molecule has 0 amide bonds. The summed E-state index contributed by atoms with van der Waals surface area (Å²) in [6.45, 7) is 7.97. The molecule has 1 rings (SSSR count). The van der Waals surface area contributed by atoms with E-state index in [1.165, 1.54) is 0 Å². The molecule has 1 aromatic carbocycles. The lowest BCUT2D eigenvalue weighted by Crippen LogP contribution is -2.47. The van der Waals surface area contributed by atoms with Gasteiger partial charge in [-0.2, -0.15) is 0 Å². The number of anilines is 1. The van der Waals surface area contributed by atoms with Crippen LogP contribution in [-0.2, 0) is 16.4 Å². The number of hydrogen-bond donors (Lipinski definition) is 2. The Bertz CT molecular complexity index is 541. The highest BCUT2D eigenvalue weighted by Gasteiger charge is 2.31. The van der Waals surface area contributed by atoms with Crippen LogP contribution in [0.1, 0.15) is 52.5 Å². The van der Waals surface area contributed by atoms with Crippen molar-refractivity contribution in [3.8, 4) is 0 Å². The Morgan fingerprint density at radius 1 is 1.10 bits per heavy atom. The van der Waals surface area contributed by atoms with E-state index in [9.17, 15) is 8.42 Å². The molecule has 5 heteroatoms. The van der Waals surface area contributed by atoms with Gasteiger partial charge in [0, 0.05) is 11.2 Å². The van der Waals surface area contributed by atoms with Gasteiger partial charge in [-0.1, -0.05) is 33.8 Å². The third kappa shape index (κ3) is 3.52. The molecule has 0 aliphatic carbocycles. The fourth-order valence-electron chi connectivity index (χ4n) is 2.42. The van der Waals surface area contributed by atoms with Gasteiger partial charge in [-0.25, -0.2) is 13.1 Å². The predicted molar refractivity (Wildman–Crippen MR) is 84.2 cm³/mol. The Hall–Kier alpha value is -1.07. The second kappa shape index (κ2) is 6.59. The zero-order valence-electron chi connectivity index (χ0n) is 12.9. The monoisotopic (exact) mass is 298 g/mol. The van der Waals surface area contributed by atoms with Crippen molar-refractivity contribution in [2.75, 3.05) is 5.73 Å². The van der Waals surface area contributed by atoms with Crippen molar-refractivity contribution < 1.29 is 8.42 Å². The summed E-state index contributed by atoms with van der Waals surface area (Å²) in [6.07, 6.45) is 2.96. The number of aryl methyl sites for hydroxylation is 1. The largest absolute Gasteiger partial charge is 0.399 e. The molecule has 4 nitrogen and oxygen atoms in total. The average Bonchev–Trinajstić information content (AvgIpc) is 2.45. The third-order valence-corrected chi connectivity index (χ3v) is 5.80. The van der Waals surface area contributed by atoms with Crippen LogP contribution in [0.3, 0.4) is 0 Å². The molecule has 0 radical (unpaired) electrons. The lowest BCUT2D eigenvalue weighted by Gasteiger charge is -2.31. The van der Waals surface area contributed by atoms with Gasteiger partial charge in [0.15, 0.2) is 0 Å². The lowest BCUT2D eigenvalue weighted by molar-refractivity contribution is 0.341. The molecular weight excluding hydrogens is 272 g/mol. The summed E-state index contributed by atoms with van der Waals surface area (Å²) in [7, 11) is -3.55. The molecule has 1 aromatic rings. The number of hydrogen-bond acceptors (Lipinski definition) is 3. The number of nitrogen functional groups attached to an aromatic ring is 1. The molecule has 0 aliphatic heterocycles. The standard InChI is InChI=1S/C15H26N2O2S/c1-5-12-9-10-13(16)11-14(12)20(18,19)17-15(6-2,7-3)8-4/h9-11,17H,5-8,16H2,1-4H3. The van der Waals surface area contributed by atoms with E-state index in [1.807, 2.05) is 27.7 Å². The summed E-state index contributed by atoms with van der Waals surface area (Å²) in [5.41, 5.74) is 6.63. The first kappa shape index (κ1) is 17.0. The summed E-state index contributed by atoms with van der Waals surface area (Å²) in [5, 5.41) is 0. The second-order valence-electron chi connectivity index (χ2n) is 5.17. The molecule has 0 bridgehead atoms. The van der Waals surface area contributed by atoms with Gasteiger partial charge in [-0.15, -0.1) is 0 Å². The molecule has 0 aromatic heterocycles. The van der Waals surface area contributed by atoms with Crippen molar-refractivity contribution in [3.63, 3.8) is 0 Å². The fourth-order valence-corrected chi connectivity index (χ4v) is 4.38. The van der Waals surface area contributed by atoms with Crippen LogP contribution in [0.25, 0.3) is 0 Å². The van der Waals surface area contributed by atoms with Crippen LogP contribution in [0.2, 0.25) is 0 Å². The smallest absolute Gasteiger partial charge is 0.241 e. The SMILES string of the molecule is CCc1ccc(N)cc1S(=O)(=O)NC(CC)(CC)CC. The number of nitrogens with two attached hydrogens (primary N) is 1. The normalized spacial score (nSPS) is 12.6. The van der Waals surface area contributed by atoms with Gasteiger partial charge >= 0.3 is 0 Å². The number of benzene rings is 1. The molecule has 0 saturated carbocycles. The quantitative estimate of drug-likeness (QED) is 0.760. The van der Waals surface area contributed by atoms with E-state index >= 15 is 0 Å². The Labute approximate surface area is 122 Å². The summed E-state index contributed by atoms with van der Waals surface area (Å²) in [4.78, 5) is 0.305. The number of sulfonamides is 1. The molecule has 0 spiro atoms. The van der Waals surface area contributed by atoms with Crippen LogP contribution in [0.15, 0.2) is 23.1 Å². The maximum absolute atomic E-state index is 12.7. The van der Waals surface area contributed by atoms with Crippen LogP contribution in [-0.4, -0.2) is 14.0 Å². The summed E-state index contributed by atoms with van der Waals surface area (Å²) in [6, 6.07) is 5.08. The first-order valence-corrected chi connectivity index (χ1v) is 8.74. The third-order valence-electron chi connectivity index (χ3n) is 4.14. The van der Waals surface area contributed by atoms with Crippen molar-refractivity contribution >= 4 is 15.7 Å². The van der Waals surface area contributed by atoms with E-state index in [-0.39, 0.29) is 5.54 Å². The predicted octanol–water partition coefficient (Wildman–Crippen LogP) is 3.08. The van der Waals surface area contributed by atoms with E-state index in [2.05, 4.69) is 4.72 Å². The minimum atomic E-state index is -3.55. The zero-order valence-corrected chi connectivity index (χ0v) is 13.7. The molecule has 0 unspecified atom stereocenters. The van der Waals surface area contributed by atoms with Gasteiger partial charge in [0.1, 0.15) is 0 Å². The van der Waals surface area contributed by atoms with Crippen molar-refractivity contribution in [3.05, 3.63) is 23.8 Å². The van der Waals surface area contributed by atoms with E-state index in [0.29, 0.717) is 17.0 Å². The van der Waals surface area contributed by atoms with Gasteiger partial charge < -0.3 is 5.73 Å². The molecule has 20 heavy (non-hydrogen) atoms. The Kier molecular flexibility index (Phi) is 5.59. The first-order chi connectivity index (χ1) is 9.34. The highest BCUT2D eigenvalue weighted by atomic mass is 32.2. The molecule has 0 aliphatic rings. The highest BCUT2D eigenvalue weighted by Crippen LogP contribution is 2.25. The molecule has 3 N–H and O–H groups in total. The van der Waals surface area contributed by atoms with Crippen molar-refractivity contribution in [1.82, 2.24) is 4.72 Å². The van der Waals surface area contributed by atoms with E-state index < -0.39 is 10.0 Å². The van der Waals surface area contributed by atoms with Crippen LogP contribution < -0.4 is 10.5 Å². The molecule has 0 saturated heterocycles. The molecular formula is C15H26N2O2S. The summed E-state index contributed by atoms with van der Waals surface area (Å²) in [5.74, 6) is 0. The molecule has 0 heterocycles. The van der Waals surface area contributed by atoms with Crippen molar-refractivity contribution in [2.45, 2.75) is 63.8 Å². The van der Waals surface area contributed by atoms with E-state index in [1.54, 1.807) is 18.2 Å². The van der Waals surface area contributed by atoms with Crippen molar-refractivity contribution in [2.24, 2.45) is 0 Å². The van der Waals surface area contributed by atoms with Gasteiger partial charge in [-0.3, -0.25) is 0 Å². The van der Waals surface area contributed by atoms with Crippen LogP contribution >= 0.6 is 0 Å². The van der Waals surface area contributed by atoms with Crippen molar-refractivity contribution in [1.29, 1.82) is 0 Å². The Morgan fingerprint density at radius 2 is 1.65 bits per heavy atom. The van der Waals surface area contributed by atoms with Gasteiger partial charge in [0.05, 0.1) is 4.90 Å². The fraction of sp³-hybridized carbons (Fsp3) is 0.600. The summed E-state index contributed by atoms with van der Waals surface area (Å²) < 4.78 is 28.3. The van der Waals surface area contributed by atoms with Crippen LogP contribution in [0, 0.1) is 0 Å². The molecule has 114 valence electrons. The lowest BCUT2D eigenvalue weighted by atomic mass is 9.91. The minimum absolute atomic E-state index is 0.305. The maximum Gasteiger partial charge on any atom is 0.241 e. The molecule has 0 fully saturated rings. The summed E-state index contributed by atoms with van der Waals surface area (Å²) >= 11 is 0. The average molecular weight is 298 g/mol. The zero-order chi connectivity index (χ0) is 15.4. The van der Waals surface area contributed by atoms with Crippen LogP contribution in [0.5, 0.6) is 0 Å². The topological polar surface area (TPSA) is 72.2 Å². The highest BCUT2D eigenvalue weighted by molar-refractivity contribution is 7.89. The minimum Gasteiger partial charge on any atom is -0.399 e. The Balaban J connectivity index is 3.27. The van der Waals surface area contributed by atoms with Crippen LogP contribution in [0.4, 0.5) is 5.69 Å². The maximum atomic E-state index is 12.7. The molecule has 0 atom stereocenters. The first-order valence-electron chi connectivity index (χ1n) is 7.26. The van der Waals surface area contributed by atoms with E-state index in [4.69, 9.17) is 5.73 Å². The van der Waals surface area contributed by atoms with Gasteiger partial charge in [0.25, 0.3) is 0 Å². The van der Waals surface area contributed by atoms with E-state index in [0.717, 1.165) is 24.8 Å². The Morgan fingerprint density at radius 3 is 2.10 bits per heavy atom. The van der Waals surface area contributed by atoms with Gasteiger partial charge in [-0.05, 0) is 43.4 Å². The second-order valence-corrected chi connectivity index (χ2v) is 6.82. The number of rotatable bonds is 7. The van der Waals surface area contributed by atoms with Gasteiger partial charge in [0.2, 0.25) is 10.0 Å².